The van der Waals surface area contributed by atoms with Crippen LogP contribution in [0, 0.1) is 11.8 Å². The van der Waals surface area contributed by atoms with Crippen LogP contribution in [0.1, 0.15) is 57.1 Å². The van der Waals surface area contributed by atoms with E-state index in [1.54, 1.807) is 6.20 Å². The van der Waals surface area contributed by atoms with E-state index in [2.05, 4.69) is 33.3 Å². The van der Waals surface area contributed by atoms with Crippen molar-refractivity contribution in [1.82, 2.24) is 15.1 Å². The van der Waals surface area contributed by atoms with Gasteiger partial charge in [0, 0.05) is 12.7 Å². The van der Waals surface area contributed by atoms with Gasteiger partial charge in [-0.15, -0.1) is 11.6 Å². The summed E-state index contributed by atoms with van der Waals surface area (Å²) in [5.41, 5.74) is 2.29. The van der Waals surface area contributed by atoms with Crippen LogP contribution in [0.5, 0.6) is 0 Å². The number of alkyl halides is 1. The molecule has 0 spiro atoms. The molecule has 136 valence electrons. The Morgan fingerprint density at radius 2 is 1.96 bits per heavy atom. The summed E-state index contributed by atoms with van der Waals surface area (Å²) in [5, 5.41) is 7.08. The van der Waals surface area contributed by atoms with Crippen LogP contribution in [0.4, 0.5) is 0 Å². The first kappa shape index (κ1) is 17.4. The second-order valence-electron chi connectivity index (χ2n) is 8.17. The zero-order chi connectivity index (χ0) is 17.1. The fraction of sp³-hybridized carbons (Fsp3) is 0.667. The smallest absolute Gasteiger partial charge is 0.0692 e. The maximum absolute atomic E-state index is 7.04. The maximum atomic E-state index is 7.04. The van der Waals surface area contributed by atoms with Gasteiger partial charge >= 0.3 is 0 Å². The van der Waals surface area contributed by atoms with Gasteiger partial charge in [-0.3, -0.25) is 5.10 Å². The van der Waals surface area contributed by atoms with E-state index in [4.69, 9.17) is 11.6 Å². The van der Waals surface area contributed by atoms with Crippen LogP contribution in [0.2, 0.25) is 0 Å². The molecule has 2 aliphatic carbocycles. The van der Waals surface area contributed by atoms with Gasteiger partial charge in [-0.2, -0.15) is 5.10 Å². The zero-order valence-corrected chi connectivity index (χ0v) is 15.8. The molecular weight excluding hydrogens is 330 g/mol. The largest absolute Gasteiger partial charge is 0.303 e. The summed E-state index contributed by atoms with van der Waals surface area (Å²) >= 11 is 7.04. The van der Waals surface area contributed by atoms with Gasteiger partial charge in [0.25, 0.3) is 0 Å². The second-order valence-corrected chi connectivity index (χ2v) is 8.88. The molecular formula is C21H30ClN3. The molecule has 0 aromatic carbocycles. The number of piperidine rings is 1. The number of halogens is 1. The maximum Gasteiger partial charge on any atom is 0.0692 e. The van der Waals surface area contributed by atoms with E-state index in [1.807, 2.05) is 6.07 Å². The van der Waals surface area contributed by atoms with E-state index >= 15 is 0 Å². The lowest BCUT2D eigenvalue weighted by molar-refractivity contribution is 0.135. The van der Waals surface area contributed by atoms with Crippen molar-refractivity contribution < 1.29 is 0 Å². The summed E-state index contributed by atoms with van der Waals surface area (Å²) in [7, 11) is 0. The molecule has 1 aromatic heterocycles. The number of nitrogens with one attached hydrogen (secondary N) is 1. The highest BCUT2D eigenvalue weighted by atomic mass is 35.5. The molecule has 1 saturated carbocycles. The third-order valence-corrected chi connectivity index (χ3v) is 7.08. The summed E-state index contributed by atoms with van der Waals surface area (Å²) in [6, 6.07) is 2.02. The number of nitrogens with zero attached hydrogens (tertiary/aromatic N) is 2. The van der Waals surface area contributed by atoms with E-state index < -0.39 is 0 Å². The summed E-state index contributed by atoms with van der Waals surface area (Å²) in [5.74, 6) is 1.54. The number of allylic oxidation sites excluding steroid dienone is 4. The van der Waals surface area contributed by atoms with Crippen LogP contribution < -0.4 is 0 Å². The predicted octanol–water partition coefficient (Wildman–Crippen LogP) is 5.02. The van der Waals surface area contributed by atoms with Gasteiger partial charge in [-0.25, -0.2) is 0 Å². The zero-order valence-electron chi connectivity index (χ0n) is 15.1. The number of aromatic amines is 1. The standard InChI is InChI=1S/C21H30ClN3/c22-21(11-6-18(7-12-21)20-8-13-23-24-20)19-9-14-25(15-10-19)16-17-4-2-1-3-5-17/h6-8,11,13,17,19H,1-5,9-10,12,14-16H2,(H,23,24). The average molecular weight is 360 g/mol. The summed E-state index contributed by atoms with van der Waals surface area (Å²) < 4.78 is 0. The van der Waals surface area contributed by atoms with Gasteiger partial charge in [-0.1, -0.05) is 37.5 Å². The minimum Gasteiger partial charge on any atom is -0.303 e. The van der Waals surface area contributed by atoms with Gasteiger partial charge in [0.15, 0.2) is 0 Å². The normalized spacial score (nSPS) is 29.7. The predicted molar refractivity (Wildman–Crippen MR) is 105 cm³/mol. The average Bonchev–Trinajstić information content (AvgIpc) is 3.18. The molecule has 3 nitrogen and oxygen atoms in total. The first-order chi connectivity index (χ1) is 12.2. The van der Waals surface area contributed by atoms with Crippen molar-refractivity contribution >= 4 is 17.2 Å². The van der Waals surface area contributed by atoms with Crippen molar-refractivity contribution in [1.29, 1.82) is 0 Å². The van der Waals surface area contributed by atoms with Gasteiger partial charge in [-0.05, 0) is 68.7 Å². The number of hydrogen-bond acceptors (Lipinski definition) is 2. The second kappa shape index (κ2) is 7.67. The minimum absolute atomic E-state index is 0.194. The van der Waals surface area contributed by atoms with E-state index in [9.17, 15) is 0 Å². The summed E-state index contributed by atoms with van der Waals surface area (Å²) in [6.45, 7) is 3.77. The molecule has 0 radical (unpaired) electrons. The molecule has 25 heavy (non-hydrogen) atoms. The topological polar surface area (TPSA) is 31.9 Å². The van der Waals surface area contributed by atoms with Crippen LogP contribution in [-0.2, 0) is 0 Å². The van der Waals surface area contributed by atoms with Gasteiger partial charge in [0.2, 0.25) is 0 Å². The SMILES string of the molecule is ClC1(C2CCN(CC3CCCCC3)CC2)C=CC(c2ccn[nH]2)=CC1. The summed E-state index contributed by atoms with van der Waals surface area (Å²) in [4.78, 5) is 2.51. The Bertz CT molecular complexity index is 607. The van der Waals surface area contributed by atoms with Crippen molar-refractivity contribution in [3.05, 3.63) is 36.2 Å². The number of aromatic nitrogens is 2. The molecule has 1 N–H and O–H groups in total. The fourth-order valence-corrected chi connectivity index (χ4v) is 5.24. The highest BCUT2D eigenvalue weighted by Gasteiger charge is 2.37. The van der Waals surface area contributed by atoms with Crippen LogP contribution in [0.3, 0.4) is 0 Å². The Balaban J connectivity index is 1.29. The Hall–Kier alpha value is -1.06. The van der Waals surface area contributed by atoms with Crippen LogP contribution in [-0.4, -0.2) is 39.6 Å². The van der Waals surface area contributed by atoms with Gasteiger partial charge in [0.1, 0.15) is 0 Å². The molecule has 0 bridgehead atoms. The number of likely N-dealkylation sites (tertiary alicyclic amines) is 1. The molecule has 1 aliphatic heterocycles. The molecule has 1 unspecified atom stereocenters. The molecule has 4 rings (SSSR count). The van der Waals surface area contributed by atoms with Crippen LogP contribution in [0.25, 0.3) is 5.57 Å². The fourth-order valence-electron chi connectivity index (χ4n) is 4.88. The first-order valence-electron chi connectivity index (χ1n) is 10.0. The van der Waals surface area contributed by atoms with E-state index in [0.717, 1.165) is 18.0 Å². The monoisotopic (exact) mass is 359 g/mol. The van der Waals surface area contributed by atoms with Crippen molar-refractivity contribution in [3.8, 4) is 0 Å². The minimum atomic E-state index is -0.194. The molecule has 1 saturated heterocycles. The third-order valence-electron chi connectivity index (χ3n) is 6.49. The summed E-state index contributed by atoms with van der Waals surface area (Å²) in [6.07, 6.45) is 19.1. The van der Waals surface area contributed by atoms with Crippen molar-refractivity contribution in [2.45, 2.75) is 56.2 Å². The lowest BCUT2D eigenvalue weighted by atomic mass is 9.78. The quantitative estimate of drug-likeness (QED) is 0.765. The molecule has 2 heterocycles. The lowest BCUT2D eigenvalue weighted by Gasteiger charge is -2.41. The molecule has 3 aliphatic rings. The Morgan fingerprint density at radius 1 is 1.16 bits per heavy atom. The Morgan fingerprint density at radius 3 is 2.60 bits per heavy atom. The third kappa shape index (κ3) is 4.03. The molecule has 0 amide bonds. The van der Waals surface area contributed by atoms with Gasteiger partial charge in [0.05, 0.1) is 10.6 Å². The van der Waals surface area contributed by atoms with Crippen molar-refractivity contribution in [2.75, 3.05) is 19.6 Å². The number of H-pyrrole nitrogens is 1. The first-order valence-corrected chi connectivity index (χ1v) is 10.4. The highest BCUT2D eigenvalue weighted by molar-refractivity contribution is 6.26. The van der Waals surface area contributed by atoms with Crippen LogP contribution >= 0.6 is 11.6 Å². The molecule has 4 heteroatoms. The van der Waals surface area contributed by atoms with E-state index in [0.29, 0.717) is 5.92 Å². The van der Waals surface area contributed by atoms with Crippen molar-refractivity contribution in [2.24, 2.45) is 11.8 Å². The van der Waals surface area contributed by atoms with Crippen molar-refractivity contribution in [3.63, 3.8) is 0 Å². The van der Waals surface area contributed by atoms with E-state index in [-0.39, 0.29) is 4.87 Å². The Labute approximate surface area is 156 Å². The Kier molecular flexibility index (Phi) is 5.33. The number of rotatable bonds is 4. The van der Waals surface area contributed by atoms with Crippen LogP contribution in [0.15, 0.2) is 30.5 Å². The van der Waals surface area contributed by atoms with Gasteiger partial charge < -0.3 is 4.90 Å². The molecule has 2 fully saturated rings. The molecule has 1 aromatic rings. The molecule has 1 atom stereocenters. The number of hydrogen-bond donors (Lipinski definition) is 1. The van der Waals surface area contributed by atoms with E-state index in [1.165, 1.54) is 70.2 Å². The highest BCUT2D eigenvalue weighted by Crippen LogP contribution is 2.42. The lowest BCUT2D eigenvalue weighted by Crippen LogP contribution is -2.43.